The van der Waals surface area contributed by atoms with Crippen molar-refractivity contribution < 1.29 is 13.5 Å². The minimum absolute atomic E-state index is 0.0599. The minimum atomic E-state index is -0.947. The molecule has 0 bridgehead atoms. The molecule has 1 aliphatic rings. The first kappa shape index (κ1) is 15.6. The number of halogens is 2. The molecule has 1 fully saturated rings. The van der Waals surface area contributed by atoms with Crippen LogP contribution in [0.3, 0.4) is 0 Å². The fourth-order valence-electron chi connectivity index (χ4n) is 3.07. The third-order valence-corrected chi connectivity index (χ3v) is 4.47. The highest BCUT2D eigenvalue weighted by molar-refractivity contribution is 5.49. The number of methoxy groups -OCH3 is 1. The van der Waals surface area contributed by atoms with Gasteiger partial charge in [-0.3, -0.25) is 4.98 Å². The third-order valence-electron chi connectivity index (χ3n) is 4.47. The maximum atomic E-state index is 13.7. The second-order valence-corrected chi connectivity index (χ2v) is 6.02. The normalized spacial score (nSPS) is 18.8. The summed E-state index contributed by atoms with van der Waals surface area (Å²) in [7, 11) is 1.33. The summed E-state index contributed by atoms with van der Waals surface area (Å²) < 4.78 is 32.2. The summed E-state index contributed by atoms with van der Waals surface area (Å²) in [5.41, 5.74) is 2.51. The van der Waals surface area contributed by atoms with Gasteiger partial charge in [-0.1, -0.05) is 6.07 Å². The molecule has 3 aromatic rings. The van der Waals surface area contributed by atoms with Crippen molar-refractivity contribution in [3.05, 3.63) is 71.7 Å². The van der Waals surface area contributed by atoms with Crippen LogP contribution in [-0.4, -0.2) is 22.1 Å². The number of hydrogen-bond acceptors (Lipinski definition) is 4. The lowest BCUT2D eigenvalue weighted by Crippen LogP contribution is -1.96. The smallest absolute Gasteiger partial charge is 0.200 e. The molecule has 0 radical (unpaired) electrons. The molecule has 4 rings (SSSR count). The lowest BCUT2D eigenvalue weighted by molar-refractivity contribution is 0.371. The maximum Gasteiger partial charge on any atom is 0.200 e. The molecule has 0 saturated heterocycles. The molecule has 2 heterocycles. The van der Waals surface area contributed by atoms with Gasteiger partial charge in [0.1, 0.15) is 5.69 Å². The number of rotatable bonds is 4. The van der Waals surface area contributed by atoms with Gasteiger partial charge in [-0.15, -0.1) is 0 Å². The van der Waals surface area contributed by atoms with Gasteiger partial charge in [-0.2, -0.15) is 4.39 Å². The Kier molecular flexibility index (Phi) is 3.87. The summed E-state index contributed by atoms with van der Waals surface area (Å²) in [6, 6.07) is 8.44. The lowest BCUT2D eigenvalue weighted by Gasteiger charge is -2.07. The van der Waals surface area contributed by atoms with Gasteiger partial charge in [0.2, 0.25) is 5.82 Å². The lowest BCUT2D eigenvalue weighted by atomic mass is 10.0. The third kappa shape index (κ3) is 2.95. The molecule has 0 aliphatic heterocycles. The number of benzene rings is 1. The average Bonchev–Trinajstić information content (AvgIpc) is 3.45. The molecule has 4 nitrogen and oxygen atoms in total. The zero-order valence-electron chi connectivity index (χ0n) is 13.5. The van der Waals surface area contributed by atoms with Gasteiger partial charge in [-0.05, 0) is 53.6 Å². The van der Waals surface area contributed by atoms with E-state index in [1.165, 1.54) is 13.2 Å². The second kappa shape index (κ2) is 6.20. The van der Waals surface area contributed by atoms with E-state index in [-0.39, 0.29) is 17.6 Å². The molecule has 1 aliphatic carbocycles. The molecule has 0 N–H and O–H groups in total. The topological polar surface area (TPSA) is 47.9 Å². The van der Waals surface area contributed by atoms with Crippen molar-refractivity contribution in [3.8, 4) is 17.3 Å². The Morgan fingerprint density at radius 1 is 1.00 bits per heavy atom. The van der Waals surface area contributed by atoms with Crippen molar-refractivity contribution in [1.82, 2.24) is 15.0 Å². The highest BCUT2D eigenvalue weighted by Crippen LogP contribution is 2.55. The fraction of sp³-hybridized carbons (Fsp3) is 0.211. The molecule has 1 aromatic carbocycles. The van der Waals surface area contributed by atoms with Gasteiger partial charge in [0.05, 0.1) is 7.11 Å². The van der Waals surface area contributed by atoms with E-state index in [2.05, 4.69) is 15.0 Å². The van der Waals surface area contributed by atoms with Crippen molar-refractivity contribution in [2.24, 2.45) is 0 Å². The van der Waals surface area contributed by atoms with Crippen LogP contribution in [0.15, 0.2) is 48.9 Å². The predicted octanol–water partition coefficient (Wildman–Crippen LogP) is 4.10. The van der Waals surface area contributed by atoms with Gasteiger partial charge in [0, 0.05) is 18.6 Å². The summed E-state index contributed by atoms with van der Waals surface area (Å²) in [5.74, 6) is -0.924. The largest absolute Gasteiger partial charge is 0.494 e. The number of hydrogen-bond donors (Lipinski definition) is 0. The summed E-state index contributed by atoms with van der Waals surface area (Å²) in [6.45, 7) is 0. The monoisotopic (exact) mass is 339 g/mol. The Morgan fingerprint density at radius 2 is 1.76 bits per heavy atom. The van der Waals surface area contributed by atoms with Crippen LogP contribution in [0.1, 0.15) is 29.4 Å². The zero-order valence-corrected chi connectivity index (χ0v) is 13.5. The van der Waals surface area contributed by atoms with Crippen LogP contribution in [0, 0.1) is 11.6 Å². The van der Waals surface area contributed by atoms with Crippen molar-refractivity contribution in [2.75, 3.05) is 7.11 Å². The van der Waals surface area contributed by atoms with Crippen molar-refractivity contribution in [1.29, 1.82) is 0 Å². The molecule has 2 atom stereocenters. The molecule has 126 valence electrons. The Morgan fingerprint density at radius 3 is 2.44 bits per heavy atom. The van der Waals surface area contributed by atoms with Crippen LogP contribution >= 0.6 is 0 Å². The molecule has 0 amide bonds. The summed E-state index contributed by atoms with van der Waals surface area (Å²) in [4.78, 5) is 12.8. The van der Waals surface area contributed by atoms with E-state index in [0.717, 1.165) is 17.5 Å². The molecule has 0 spiro atoms. The molecule has 1 saturated carbocycles. The highest BCUT2D eigenvalue weighted by Gasteiger charge is 2.40. The van der Waals surface area contributed by atoms with Gasteiger partial charge in [0.15, 0.2) is 17.4 Å². The van der Waals surface area contributed by atoms with Crippen molar-refractivity contribution in [3.63, 3.8) is 0 Å². The predicted molar refractivity (Wildman–Crippen MR) is 88.3 cm³/mol. The van der Waals surface area contributed by atoms with Crippen LogP contribution in [-0.2, 0) is 0 Å². The minimum Gasteiger partial charge on any atom is -0.494 e. The van der Waals surface area contributed by atoms with Crippen LogP contribution in [0.5, 0.6) is 5.75 Å². The van der Waals surface area contributed by atoms with Gasteiger partial charge in [-0.25, -0.2) is 14.4 Å². The number of aromatic nitrogens is 3. The van der Waals surface area contributed by atoms with Gasteiger partial charge in [0.25, 0.3) is 0 Å². The molecular weight excluding hydrogens is 324 g/mol. The standard InChI is InChI=1S/C19H15F2N3O/c1-25-17-8-12(7-15(20)18(17)21)14-9-13(14)11-3-4-16(24-10-11)19-22-5-2-6-23-19/h2-8,10,13-14H,9H2,1H3/t13-,14+/m0/s1. The zero-order chi connectivity index (χ0) is 17.4. The van der Waals surface area contributed by atoms with E-state index in [4.69, 9.17) is 4.74 Å². The van der Waals surface area contributed by atoms with Crippen LogP contribution in [0.4, 0.5) is 8.78 Å². The number of nitrogens with zero attached hydrogens (tertiary/aromatic N) is 3. The fourth-order valence-corrected chi connectivity index (χ4v) is 3.07. The second-order valence-electron chi connectivity index (χ2n) is 6.02. The first-order valence-electron chi connectivity index (χ1n) is 7.93. The Labute approximate surface area is 143 Å². The van der Waals surface area contributed by atoms with E-state index in [1.807, 2.05) is 12.1 Å². The average molecular weight is 339 g/mol. The Hall–Kier alpha value is -2.89. The summed E-state index contributed by atoms with van der Waals surface area (Å²) in [5, 5.41) is 0. The van der Waals surface area contributed by atoms with Crippen molar-refractivity contribution >= 4 is 0 Å². The molecule has 25 heavy (non-hydrogen) atoms. The quantitative estimate of drug-likeness (QED) is 0.718. The van der Waals surface area contributed by atoms with E-state index < -0.39 is 11.6 Å². The van der Waals surface area contributed by atoms with Crippen LogP contribution in [0.25, 0.3) is 11.5 Å². The Balaban J connectivity index is 1.55. The van der Waals surface area contributed by atoms with E-state index in [1.54, 1.807) is 30.7 Å². The van der Waals surface area contributed by atoms with Crippen LogP contribution < -0.4 is 4.74 Å². The SMILES string of the molecule is COc1cc([C@H]2C[C@H]2c2ccc(-c3ncccn3)nc2)cc(F)c1F. The first-order chi connectivity index (χ1) is 12.2. The first-order valence-corrected chi connectivity index (χ1v) is 7.93. The summed E-state index contributed by atoms with van der Waals surface area (Å²) in [6.07, 6.45) is 6.02. The molecular formula is C19H15F2N3O. The number of ether oxygens (including phenoxy) is 1. The molecule has 2 aromatic heterocycles. The van der Waals surface area contributed by atoms with Gasteiger partial charge >= 0.3 is 0 Å². The van der Waals surface area contributed by atoms with Crippen molar-refractivity contribution in [2.45, 2.75) is 18.3 Å². The van der Waals surface area contributed by atoms with E-state index in [0.29, 0.717) is 11.5 Å². The van der Waals surface area contributed by atoms with E-state index >= 15 is 0 Å². The highest BCUT2D eigenvalue weighted by atomic mass is 19.2. The van der Waals surface area contributed by atoms with Gasteiger partial charge < -0.3 is 4.74 Å². The summed E-state index contributed by atoms with van der Waals surface area (Å²) >= 11 is 0. The maximum absolute atomic E-state index is 13.7. The molecule has 0 unspecified atom stereocenters. The number of pyridine rings is 1. The van der Waals surface area contributed by atoms with E-state index in [9.17, 15) is 8.78 Å². The Bertz CT molecular complexity index is 901. The molecule has 6 heteroatoms. The van der Waals surface area contributed by atoms with Crippen LogP contribution in [0.2, 0.25) is 0 Å².